The summed E-state index contributed by atoms with van der Waals surface area (Å²) < 4.78 is 0.993. The molecule has 2 rings (SSSR count). The fourth-order valence-electron chi connectivity index (χ4n) is 1.86. The summed E-state index contributed by atoms with van der Waals surface area (Å²) in [5.74, 6) is 0.120. The first kappa shape index (κ1) is 12.4. The van der Waals surface area contributed by atoms with Gasteiger partial charge in [0.15, 0.2) is 0 Å². The molecule has 0 radical (unpaired) electrons. The molecule has 0 aliphatic carbocycles. The molecule has 0 saturated carbocycles. The van der Waals surface area contributed by atoms with Crippen molar-refractivity contribution in [3.8, 4) is 0 Å². The van der Waals surface area contributed by atoms with Crippen LogP contribution in [0.1, 0.15) is 29.3 Å². The van der Waals surface area contributed by atoms with E-state index in [4.69, 9.17) is 0 Å². The first-order valence-corrected chi connectivity index (χ1v) is 6.58. The largest absolute Gasteiger partial charge is 0.335 e. The summed E-state index contributed by atoms with van der Waals surface area (Å²) in [4.78, 5) is 14.1. The van der Waals surface area contributed by atoms with E-state index < -0.39 is 0 Å². The average Bonchev–Trinajstić information content (AvgIpc) is 2.33. The number of hydrogen-bond donors (Lipinski definition) is 0. The Hall–Kier alpha value is -1.09. The van der Waals surface area contributed by atoms with Crippen molar-refractivity contribution in [2.24, 2.45) is 0 Å². The third-order valence-electron chi connectivity index (χ3n) is 3.14. The number of aryl methyl sites for hydroxylation is 1. The number of carbonyl (C=O) groups excluding carboxylic acids is 1. The molecule has 0 atom stereocenters. The maximum absolute atomic E-state index is 12.2. The second kappa shape index (κ2) is 5.05. The van der Waals surface area contributed by atoms with E-state index in [0.717, 1.165) is 35.1 Å². The molecule has 0 N–H and O–H groups in total. The zero-order chi connectivity index (χ0) is 12.4. The molecule has 0 bridgehead atoms. The second-order valence-corrected chi connectivity index (χ2v) is 5.37. The van der Waals surface area contributed by atoms with Crippen LogP contribution in [0.4, 0.5) is 0 Å². The minimum atomic E-state index is 0.120. The number of rotatable bonds is 1. The maximum atomic E-state index is 12.2. The summed E-state index contributed by atoms with van der Waals surface area (Å²) in [5, 5.41) is 0. The highest BCUT2D eigenvalue weighted by atomic mass is 79.9. The standard InChI is InChI=1S/C14H16BrNO/c1-10-5-7-16(8-6-10)14(17)12-4-3-11(2)13(15)9-12/h3-5,9H,6-8H2,1-2H3. The van der Waals surface area contributed by atoms with Crippen molar-refractivity contribution in [3.63, 3.8) is 0 Å². The number of benzene rings is 1. The van der Waals surface area contributed by atoms with E-state index in [2.05, 4.69) is 28.9 Å². The average molecular weight is 294 g/mol. The van der Waals surface area contributed by atoms with Crippen molar-refractivity contribution in [1.29, 1.82) is 0 Å². The predicted molar refractivity (Wildman–Crippen MR) is 73.2 cm³/mol. The Morgan fingerprint density at radius 3 is 2.71 bits per heavy atom. The van der Waals surface area contributed by atoms with E-state index in [1.807, 2.05) is 30.0 Å². The molecule has 1 aromatic rings. The van der Waals surface area contributed by atoms with Gasteiger partial charge in [0.25, 0.3) is 5.91 Å². The molecule has 0 spiro atoms. The summed E-state index contributed by atoms with van der Waals surface area (Å²) >= 11 is 3.47. The number of hydrogen-bond acceptors (Lipinski definition) is 1. The van der Waals surface area contributed by atoms with Crippen molar-refractivity contribution >= 4 is 21.8 Å². The number of halogens is 1. The van der Waals surface area contributed by atoms with Crippen LogP contribution in [-0.2, 0) is 0 Å². The molecule has 0 saturated heterocycles. The zero-order valence-electron chi connectivity index (χ0n) is 10.2. The summed E-state index contributed by atoms with van der Waals surface area (Å²) in [7, 11) is 0. The molecular weight excluding hydrogens is 278 g/mol. The summed E-state index contributed by atoms with van der Waals surface area (Å²) in [6.45, 7) is 5.69. The Morgan fingerprint density at radius 2 is 2.12 bits per heavy atom. The van der Waals surface area contributed by atoms with Crippen LogP contribution in [-0.4, -0.2) is 23.9 Å². The number of amides is 1. The lowest BCUT2D eigenvalue weighted by atomic mass is 10.1. The van der Waals surface area contributed by atoms with E-state index in [-0.39, 0.29) is 5.91 Å². The van der Waals surface area contributed by atoms with E-state index in [1.165, 1.54) is 5.57 Å². The van der Waals surface area contributed by atoms with Crippen LogP contribution in [0.5, 0.6) is 0 Å². The van der Waals surface area contributed by atoms with Gasteiger partial charge in [-0.25, -0.2) is 0 Å². The molecule has 2 nitrogen and oxygen atoms in total. The molecule has 1 aliphatic rings. The van der Waals surface area contributed by atoms with Gasteiger partial charge in [0.2, 0.25) is 0 Å². The first-order chi connectivity index (χ1) is 8.08. The summed E-state index contributed by atoms with van der Waals surface area (Å²) in [6.07, 6.45) is 3.11. The van der Waals surface area contributed by atoms with Crippen LogP contribution >= 0.6 is 15.9 Å². The van der Waals surface area contributed by atoms with Crippen molar-refractivity contribution < 1.29 is 4.79 Å². The van der Waals surface area contributed by atoms with Crippen LogP contribution in [0, 0.1) is 6.92 Å². The minimum Gasteiger partial charge on any atom is -0.335 e. The predicted octanol–water partition coefficient (Wildman–Crippen LogP) is 3.55. The first-order valence-electron chi connectivity index (χ1n) is 5.79. The van der Waals surface area contributed by atoms with Crippen molar-refractivity contribution in [3.05, 3.63) is 45.4 Å². The Bertz CT molecular complexity index is 479. The number of nitrogens with zero attached hydrogens (tertiary/aromatic N) is 1. The van der Waals surface area contributed by atoms with Gasteiger partial charge in [-0.2, -0.15) is 0 Å². The van der Waals surface area contributed by atoms with Gasteiger partial charge in [0.1, 0.15) is 0 Å². The minimum absolute atomic E-state index is 0.120. The van der Waals surface area contributed by atoms with Gasteiger partial charge < -0.3 is 4.90 Å². The lowest BCUT2D eigenvalue weighted by molar-refractivity contribution is 0.0769. The van der Waals surface area contributed by atoms with Crippen molar-refractivity contribution in [2.75, 3.05) is 13.1 Å². The quantitative estimate of drug-likeness (QED) is 0.725. The van der Waals surface area contributed by atoms with E-state index in [0.29, 0.717) is 0 Å². The third-order valence-corrected chi connectivity index (χ3v) is 4.00. The molecule has 0 unspecified atom stereocenters. The Morgan fingerprint density at radius 1 is 1.35 bits per heavy atom. The molecule has 0 fully saturated rings. The molecule has 90 valence electrons. The highest BCUT2D eigenvalue weighted by Crippen LogP contribution is 2.20. The Labute approximate surface area is 110 Å². The normalized spacial score (nSPS) is 15.7. The van der Waals surface area contributed by atoms with Gasteiger partial charge in [0.05, 0.1) is 0 Å². The van der Waals surface area contributed by atoms with Crippen molar-refractivity contribution in [2.45, 2.75) is 20.3 Å². The Balaban J connectivity index is 2.17. The van der Waals surface area contributed by atoms with Gasteiger partial charge in [-0.3, -0.25) is 4.79 Å². The number of carbonyl (C=O) groups is 1. The summed E-state index contributed by atoms with van der Waals surface area (Å²) in [6, 6.07) is 5.78. The highest BCUT2D eigenvalue weighted by Gasteiger charge is 2.17. The molecule has 1 aromatic carbocycles. The van der Waals surface area contributed by atoms with Crippen LogP contribution in [0.3, 0.4) is 0 Å². The van der Waals surface area contributed by atoms with E-state index in [1.54, 1.807) is 0 Å². The maximum Gasteiger partial charge on any atom is 0.254 e. The second-order valence-electron chi connectivity index (χ2n) is 4.52. The van der Waals surface area contributed by atoms with Crippen LogP contribution < -0.4 is 0 Å². The zero-order valence-corrected chi connectivity index (χ0v) is 11.8. The van der Waals surface area contributed by atoms with Gasteiger partial charge in [-0.1, -0.05) is 33.6 Å². The monoisotopic (exact) mass is 293 g/mol. The van der Waals surface area contributed by atoms with Gasteiger partial charge in [0, 0.05) is 23.1 Å². The van der Waals surface area contributed by atoms with Gasteiger partial charge >= 0.3 is 0 Å². The smallest absolute Gasteiger partial charge is 0.254 e. The lowest BCUT2D eigenvalue weighted by Gasteiger charge is -2.25. The van der Waals surface area contributed by atoms with E-state index >= 15 is 0 Å². The van der Waals surface area contributed by atoms with Gasteiger partial charge in [-0.05, 0) is 38.0 Å². The Kier molecular flexibility index (Phi) is 3.67. The fourth-order valence-corrected chi connectivity index (χ4v) is 2.24. The fraction of sp³-hybridized carbons (Fsp3) is 0.357. The van der Waals surface area contributed by atoms with Gasteiger partial charge in [-0.15, -0.1) is 0 Å². The van der Waals surface area contributed by atoms with Crippen LogP contribution in [0.2, 0.25) is 0 Å². The molecule has 1 amide bonds. The SMILES string of the molecule is CC1=CCN(C(=O)c2ccc(C)c(Br)c2)CC1. The topological polar surface area (TPSA) is 20.3 Å². The highest BCUT2D eigenvalue weighted by molar-refractivity contribution is 9.10. The molecular formula is C14H16BrNO. The van der Waals surface area contributed by atoms with Crippen LogP contribution in [0.25, 0.3) is 0 Å². The van der Waals surface area contributed by atoms with Crippen molar-refractivity contribution in [1.82, 2.24) is 4.90 Å². The molecule has 3 heteroatoms. The molecule has 1 heterocycles. The third kappa shape index (κ3) is 2.78. The van der Waals surface area contributed by atoms with E-state index in [9.17, 15) is 4.79 Å². The molecule has 17 heavy (non-hydrogen) atoms. The summed E-state index contributed by atoms with van der Waals surface area (Å²) in [5.41, 5.74) is 3.28. The molecule has 0 aromatic heterocycles. The lowest BCUT2D eigenvalue weighted by Crippen LogP contribution is -2.34. The molecule has 1 aliphatic heterocycles. The van der Waals surface area contributed by atoms with Crippen LogP contribution in [0.15, 0.2) is 34.3 Å².